The standard InChI is InChI=1S/C10H10O11/c1-3-17-9(15)20-7(13)5(11)19-6(12)8(14)21-10(16)18-4-2/h3-4H2,1-2H3. The summed E-state index contributed by atoms with van der Waals surface area (Å²) in [6.07, 6.45) is -3.00. The molecule has 0 bridgehead atoms. The van der Waals surface area contributed by atoms with Gasteiger partial charge in [0.05, 0.1) is 13.2 Å². The van der Waals surface area contributed by atoms with E-state index in [1.54, 1.807) is 0 Å². The lowest BCUT2D eigenvalue weighted by molar-refractivity contribution is -0.177. The largest absolute Gasteiger partial charge is 0.516 e. The number of hydrogen-bond donors (Lipinski definition) is 0. The first-order valence-corrected chi connectivity index (χ1v) is 5.35. The van der Waals surface area contributed by atoms with Crippen molar-refractivity contribution in [1.82, 2.24) is 0 Å². The molecule has 0 N–H and O–H groups in total. The first kappa shape index (κ1) is 18.0. The highest BCUT2D eigenvalue weighted by atomic mass is 16.8. The fraction of sp³-hybridized carbons (Fsp3) is 0.400. The Morgan fingerprint density at radius 3 is 1.14 bits per heavy atom. The predicted molar refractivity (Wildman–Crippen MR) is 57.3 cm³/mol. The Kier molecular flexibility index (Phi) is 7.73. The molecule has 11 nitrogen and oxygen atoms in total. The van der Waals surface area contributed by atoms with Crippen molar-refractivity contribution in [2.75, 3.05) is 13.2 Å². The van der Waals surface area contributed by atoms with Crippen LogP contribution in [0.2, 0.25) is 0 Å². The summed E-state index contributed by atoms with van der Waals surface area (Å²) in [7, 11) is 0. The van der Waals surface area contributed by atoms with Crippen LogP contribution in [0, 0.1) is 0 Å². The molecule has 0 saturated heterocycles. The van der Waals surface area contributed by atoms with E-state index < -0.39 is 36.2 Å². The van der Waals surface area contributed by atoms with Gasteiger partial charge in [-0.25, -0.2) is 28.8 Å². The van der Waals surface area contributed by atoms with Gasteiger partial charge in [-0.05, 0) is 13.8 Å². The van der Waals surface area contributed by atoms with Gasteiger partial charge in [-0.2, -0.15) is 0 Å². The summed E-state index contributed by atoms with van der Waals surface area (Å²) >= 11 is 0. The number of hydrogen-bond acceptors (Lipinski definition) is 11. The van der Waals surface area contributed by atoms with Crippen molar-refractivity contribution in [2.24, 2.45) is 0 Å². The average Bonchev–Trinajstić information content (AvgIpc) is 2.38. The summed E-state index contributed by atoms with van der Waals surface area (Å²) in [5, 5.41) is 0. The molecule has 0 rings (SSSR count). The van der Waals surface area contributed by atoms with Gasteiger partial charge in [0, 0.05) is 0 Å². The highest BCUT2D eigenvalue weighted by Gasteiger charge is 2.30. The topological polar surface area (TPSA) is 149 Å². The Hall–Kier alpha value is -2.98. The van der Waals surface area contributed by atoms with E-state index in [-0.39, 0.29) is 13.2 Å². The number of carbonyl (C=O) groups excluding carboxylic acids is 6. The number of rotatable bonds is 2. The molecule has 0 saturated carbocycles. The molecule has 0 fully saturated rings. The SMILES string of the molecule is CCOC(=O)OC(=O)C(=O)OC(=O)C(=O)OC(=O)OCC. The van der Waals surface area contributed by atoms with E-state index >= 15 is 0 Å². The van der Waals surface area contributed by atoms with Crippen molar-refractivity contribution >= 4 is 36.2 Å². The van der Waals surface area contributed by atoms with E-state index in [1.807, 2.05) is 0 Å². The summed E-state index contributed by atoms with van der Waals surface area (Å²) in [4.78, 5) is 65.1. The lowest BCUT2D eigenvalue weighted by Crippen LogP contribution is -2.31. The predicted octanol–water partition coefficient (Wildman–Crippen LogP) is -0.544. The second-order valence-corrected chi connectivity index (χ2v) is 2.82. The molecule has 0 aromatic carbocycles. The van der Waals surface area contributed by atoms with Crippen molar-refractivity contribution in [2.45, 2.75) is 13.8 Å². The quantitative estimate of drug-likeness (QED) is 0.280. The summed E-state index contributed by atoms with van der Waals surface area (Å²) in [6, 6.07) is 0. The molecule has 11 heteroatoms. The highest BCUT2D eigenvalue weighted by Crippen LogP contribution is 1.94. The van der Waals surface area contributed by atoms with Gasteiger partial charge in [0.1, 0.15) is 0 Å². The van der Waals surface area contributed by atoms with Crippen LogP contribution < -0.4 is 0 Å². The third-order valence-electron chi connectivity index (χ3n) is 1.40. The van der Waals surface area contributed by atoms with Crippen molar-refractivity contribution in [3.8, 4) is 0 Å². The van der Waals surface area contributed by atoms with Crippen LogP contribution in [0.25, 0.3) is 0 Å². The zero-order chi connectivity index (χ0) is 16.4. The fourth-order valence-electron chi connectivity index (χ4n) is 0.697. The molecule has 0 unspecified atom stereocenters. The Morgan fingerprint density at radius 2 is 0.857 bits per heavy atom. The normalized spacial score (nSPS) is 9.05. The first-order chi connectivity index (χ1) is 9.81. The fourth-order valence-corrected chi connectivity index (χ4v) is 0.697. The van der Waals surface area contributed by atoms with Gasteiger partial charge in [-0.15, -0.1) is 0 Å². The monoisotopic (exact) mass is 306 g/mol. The lowest BCUT2D eigenvalue weighted by Gasteiger charge is -2.03. The van der Waals surface area contributed by atoms with Gasteiger partial charge in [-0.1, -0.05) is 0 Å². The van der Waals surface area contributed by atoms with Crippen LogP contribution in [-0.2, 0) is 42.9 Å². The molecule has 0 spiro atoms. The van der Waals surface area contributed by atoms with Crippen LogP contribution in [0.1, 0.15) is 13.8 Å². The minimum Gasteiger partial charge on any atom is -0.434 e. The summed E-state index contributed by atoms with van der Waals surface area (Å²) in [5.41, 5.74) is 0. The van der Waals surface area contributed by atoms with Gasteiger partial charge >= 0.3 is 36.2 Å². The second-order valence-electron chi connectivity index (χ2n) is 2.82. The zero-order valence-electron chi connectivity index (χ0n) is 10.9. The number of ether oxygens (including phenoxy) is 5. The van der Waals surface area contributed by atoms with Gasteiger partial charge in [0.25, 0.3) is 0 Å². The molecular formula is C10H10O11. The molecule has 0 aliphatic carbocycles. The van der Waals surface area contributed by atoms with Crippen LogP contribution in [0.5, 0.6) is 0 Å². The maximum Gasteiger partial charge on any atom is 0.516 e. The molecule has 0 aromatic heterocycles. The summed E-state index contributed by atoms with van der Waals surface area (Å²) < 4.78 is 19.6. The molecule has 0 aliphatic heterocycles. The van der Waals surface area contributed by atoms with Crippen LogP contribution in [0.15, 0.2) is 0 Å². The molecule has 0 heterocycles. The van der Waals surface area contributed by atoms with Crippen molar-refractivity contribution in [1.29, 1.82) is 0 Å². The van der Waals surface area contributed by atoms with Crippen LogP contribution in [0.4, 0.5) is 9.59 Å². The zero-order valence-corrected chi connectivity index (χ0v) is 10.9. The van der Waals surface area contributed by atoms with E-state index in [0.29, 0.717) is 0 Å². The molecule has 0 radical (unpaired) electrons. The van der Waals surface area contributed by atoms with E-state index in [9.17, 15) is 28.8 Å². The van der Waals surface area contributed by atoms with Gasteiger partial charge in [-0.3, -0.25) is 0 Å². The van der Waals surface area contributed by atoms with Crippen molar-refractivity contribution in [3.63, 3.8) is 0 Å². The maximum atomic E-state index is 11.0. The van der Waals surface area contributed by atoms with Gasteiger partial charge < -0.3 is 23.7 Å². The number of carbonyl (C=O) groups is 6. The maximum absolute atomic E-state index is 11.0. The van der Waals surface area contributed by atoms with Crippen LogP contribution in [-0.4, -0.2) is 49.4 Å². The third kappa shape index (κ3) is 7.25. The first-order valence-electron chi connectivity index (χ1n) is 5.35. The Balaban J connectivity index is 4.34. The molecule has 0 aromatic rings. The average molecular weight is 306 g/mol. The number of esters is 4. The van der Waals surface area contributed by atoms with E-state index in [0.717, 1.165) is 0 Å². The summed E-state index contributed by atoms with van der Waals surface area (Å²) in [5.74, 6) is -7.75. The Morgan fingerprint density at radius 1 is 0.571 bits per heavy atom. The molecule has 0 atom stereocenters. The van der Waals surface area contributed by atoms with Gasteiger partial charge in [0.2, 0.25) is 0 Å². The van der Waals surface area contributed by atoms with Crippen LogP contribution in [0.3, 0.4) is 0 Å². The minimum atomic E-state index is -1.98. The van der Waals surface area contributed by atoms with E-state index in [1.165, 1.54) is 13.8 Å². The Bertz CT molecular complexity index is 422. The molecule has 0 amide bonds. The van der Waals surface area contributed by atoms with E-state index in [2.05, 4.69) is 23.7 Å². The third-order valence-corrected chi connectivity index (χ3v) is 1.40. The second kappa shape index (κ2) is 9.01. The van der Waals surface area contributed by atoms with Gasteiger partial charge in [0.15, 0.2) is 0 Å². The summed E-state index contributed by atoms with van der Waals surface area (Å²) in [6.45, 7) is 2.54. The smallest absolute Gasteiger partial charge is 0.434 e. The molecule has 0 aliphatic rings. The van der Waals surface area contributed by atoms with Crippen molar-refractivity contribution < 1.29 is 52.5 Å². The van der Waals surface area contributed by atoms with E-state index in [4.69, 9.17) is 0 Å². The molecule has 21 heavy (non-hydrogen) atoms. The Labute approximate surface area is 117 Å². The van der Waals surface area contributed by atoms with Crippen molar-refractivity contribution in [3.05, 3.63) is 0 Å². The lowest BCUT2D eigenvalue weighted by atomic mass is 10.6. The molecule has 116 valence electrons. The minimum absolute atomic E-state index is 0.133. The molecular weight excluding hydrogens is 296 g/mol. The highest BCUT2D eigenvalue weighted by molar-refractivity contribution is 6.40. The van der Waals surface area contributed by atoms with Crippen LogP contribution >= 0.6 is 0 Å².